The average Bonchev–Trinajstić information content (AvgIpc) is 3.12. The third-order valence-corrected chi connectivity index (χ3v) is 7.59. The number of thioether (sulfide) groups is 1. The molecule has 1 aromatic carbocycles. The number of hydrogen-bond acceptors (Lipinski definition) is 6. The molecule has 8 nitrogen and oxygen atoms in total. The quantitative estimate of drug-likeness (QED) is 0.749. The maximum atomic E-state index is 13.1. The summed E-state index contributed by atoms with van der Waals surface area (Å²) in [5, 5.41) is 7.03. The molecule has 1 saturated heterocycles. The van der Waals surface area contributed by atoms with Gasteiger partial charge < -0.3 is 4.90 Å². The van der Waals surface area contributed by atoms with Crippen LogP contribution < -0.4 is 0 Å². The van der Waals surface area contributed by atoms with Crippen LogP contribution >= 0.6 is 11.8 Å². The van der Waals surface area contributed by atoms with E-state index in [4.69, 9.17) is 0 Å². The van der Waals surface area contributed by atoms with E-state index in [-0.39, 0.29) is 11.7 Å². The van der Waals surface area contributed by atoms with Gasteiger partial charge in [-0.1, -0.05) is 29.5 Å². The largest absolute Gasteiger partial charge is 0.339 e. The zero-order valence-corrected chi connectivity index (χ0v) is 17.2. The zero-order valence-electron chi connectivity index (χ0n) is 15.6. The van der Waals surface area contributed by atoms with Gasteiger partial charge in [-0.05, 0) is 31.9 Å². The topological polar surface area (TPSA) is 99.3 Å². The number of benzene rings is 1. The number of aromatic nitrogens is 3. The summed E-state index contributed by atoms with van der Waals surface area (Å²) in [4.78, 5) is 18.4. The molecular weight excluding hydrogens is 386 g/mol. The molecule has 0 bridgehead atoms. The van der Waals surface area contributed by atoms with Gasteiger partial charge in [0.15, 0.2) is 5.16 Å². The molecule has 0 unspecified atom stereocenters. The van der Waals surface area contributed by atoms with Crippen molar-refractivity contribution < 1.29 is 13.2 Å². The molecule has 0 spiro atoms. The highest BCUT2D eigenvalue weighted by Crippen LogP contribution is 2.26. The predicted molar refractivity (Wildman–Crippen MR) is 103 cm³/mol. The fourth-order valence-electron chi connectivity index (χ4n) is 3.37. The Bertz CT molecular complexity index is 897. The maximum Gasteiger partial charge on any atom is 0.243 e. The van der Waals surface area contributed by atoms with Crippen LogP contribution in [-0.2, 0) is 14.8 Å². The Labute approximate surface area is 163 Å². The Morgan fingerprint density at radius 3 is 2.33 bits per heavy atom. The molecule has 1 fully saturated rings. The molecule has 1 amide bonds. The second-order valence-corrected chi connectivity index (χ2v) is 9.43. The molecule has 0 saturated carbocycles. The highest BCUT2D eigenvalue weighted by atomic mass is 32.2. The van der Waals surface area contributed by atoms with E-state index in [1.807, 2.05) is 32.9 Å². The summed E-state index contributed by atoms with van der Waals surface area (Å²) in [6.07, 6.45) is 1.39. The van der Waals surface area contributed by atoms with Crippen LogP contribution in [0.25, 0.3) is 0 Å². The fraction of sp³-hybridized carbons (Fsp3) is 0.471. The number of nitrogens with zero attached hydrogens (tertiary/aromatic N) is 4. The summed E-state index contributed by atoms with van der Waals surface area (Å²) in [5.74, 6) is 0.217. The van der Waals surface area contributed by atoms with Crippen molar-refractivity contribution >= 4 is 27.7 Å². The number of aromatic amines is 1. The lowest BCUT2D eigenvalue weighted by Crippen LogP contribution is -2.51. The van der Waals surface area contributed by atoms with Crippen molar-refractivity contribution in [3.05, 3.63) is 35.2 Å². The molecule has 2 heterocycles. The van der Waals surface area contributed by atoms with Crippen LogP contribution in [0.2, 0.25) is 0 Å². The SMILES string of the molecule is Cc1cc(C)c(S(=O)(=O)N2CCN(C(=O)CSc3ncn[nH]3)CC2)c(C)c1. The van der Waals surface area contributed by atoms with Gasteiger partial charge in [0, 0.05) is 26.2 Å². The van der Waals surface area contributed by atoms with Gasteiger partial charge in [0.2, 0.25) is 15.9 Å². The van der Waals surface area contributed by atoms with Crippen molar-refractivity contribution in [3.63, 3.8) is 0 Å². The molecule has 27 heavy (non-hydrogen) atoms. The lowest BCUT2D eigenvalue weighted by Gasteiger charge is -2.34. The smallest absolute Gasteiger partial charge is 0.243 e. The van der Waals surface area contributed by atoms with Crippen molar-refractivity contribution in [1.29, 1.82) is 0 Å². The van der Waals surface area contributed by atoms with Crippen LogP contribution in [0.3, 0.4) is 0 Å². The van der Waals surface area contributed by atoms with Gasteiger partial charge in [0.25, 0.3) is 0 Å². The molecule has 1 aliphatic heterocycles. The predicted octanol–water partition coefficient (Wildman–Crippen LogP) is 1.36. The molecule has 146 valence electrons. The number of piperazine rings is 1. The van der Waals surface area contributed by atoms with Gasteiger partial charge >= 0.3 is 0 Å². The molecule has 3 rings (SSSR count). The van der Waals surface area contributed by atoms with Crippen LogP contribution in [-0.4, -0.2) is 70.6 Å². The molecule has 1 N–H and O–H groups in total. The Kier molecular flexibility index (Phi) is 5.87. The molecule has 0 aliphatic carbocycles. The van der Waals surface area contributed by atoms with E-state index in [1.54, 1.807) is 4.90 Å². The first kappa shape index (κ1) is 19.8. The van der Waals surface area contributed by atoms with Crippen LogP contribution in [0.1, 0.15) is 16.7 Å². The number of H-pyrrole nitrogens is 1. The molecule has 2 aromatic rings. The molecule has 1 aliphatic rings. The first-order valence-electron chi connectivity index (χ1n) is 8.63. The van der Waals surface area contributed by atoms with Crippen LogP contribution in [0, 0.1) is 20.8 Å². The summed E-state index contributed by atoms with van der Waals surface area (Å²) in [6, 6.07) is 3.78. The van der Waals surface area contributed by atoms with Crippen molar-refractivity contribution in [2.24, 2.45) is 0 Å². The fourth-order valence-corrected chi connectivity index (χ4v) is 5.88. The van der Waals surface area contributed by atoms with Crippen LogP contribution in [0.4, 0.5) is 0 Å². The van der Waals surface area contributed by atoms with Gasteiger partial charge in [0.1, 0.15) is 6.33 Å². The van der Waals surface area contributed by atoms with Gasteiger partial charge in [-0.25, -0.2) is 13.4 Å². The minimum atomic E-state index is -3.57. The second kappa shape index (κ2) is 7.99. The Hall–Kier alpha value is -1.91. The molecule has 0 radical (unpaired) electrons. The third-order valence-electron chi connectivity index (χ3n) is 4.52. The molecule has 10 heteroatoms. The Morgan fingerprint density at radius 1 is 1.15 bits per heavy atom. The van der Waals surface area contributed by atoms with E-state index in [9.17, 15) is 13.2 Å². The van der Waals surface area contributed by atoms with E-state index in [0.717, 1.165) is 16.7 Å². The van der Waals surface area contributed by atoms with Gasteiger partial charge in [-0.3, -0.25) is 9.89 Å². The molecule has 0 atom stereocenters. The number of carbonyl (C=O) groups is 1. The van der Waals surface area contributed by atoms with Crippen molar-refractivity contribution in [3.8, 4) is 0 Å². The van der Waals surface area contributed by atoms with E-state index in [1.165, 1.54) is 22.4 Å². The van der Waals surface area contributed by atoms with E-state index in [0.29, 0.717) is 36.2 Å². The lowest BCUT2D eigenvalue weighted by molar-refractivity contribution is -0.129. The zero-order chi connectivity index (χ0) is 19.6. The minimum Gasteiger partial charge on any atom is -0.339 e. The Balaban J connectivity index is 1.64. The summed E-state index contributed by atoms with van der Waals surface area (Å²) in [5.41, 5.74) is 2.56. The summed E-state index contributed by atoms with van der Waals surface area (Å²) in [6.45, 7) is 6.98. The highest BCUT2D eigenvalue weighted by molar-refractivity contribution is 7.99. The third kappa shape index (κ3) is 4.33. The number of nitrogens with one attached hydrogen (secondary N) is 1. The van der Waals surface area contributed by atoms with Crippen molar-refractivity contribution in [1.82, 2.24) is 24.4 Å². The molecular formula is C17H23N5O3S2. The standard InChI is InChI=1S/C17H23N5O3S2/c1-12-8-13(2)16(14(3)9-12)27(24,25)22-6-4-21(5-7-22)15(23)10-26-17-18-11-19-20-17/h8-9,11H,4-7,10H2,1-3H3,(H,18,19,20). The number of hydrogen-bond donors (Lipinski definition) is 1. The molecule has 1 aromatic heterocycles. The minimum absolute atomic E-state index is 0.0313. The van der Waals surface area contributed by atoms with Crippen LogP contribution in [0.5, 0.6) is 0 Å². The second-order valence-electron chi connectivity index (χ2n) is 6.59. The van der Waals surface area contributed by atoms with E-state index in [2.05, 4.69) is 15.2 Å². The van der Waals surface area contributed by atoms with E-state index < -0.39 is 10.0 Å². The number of aryl methyl sites for hydroxylation is 3. The maximum absolute atomic E-state index is 13.1. The first-order chi connectivity index (χ1) is 12.8. The van der Waals surface area contributed by atoms with Crippen LogP contribution in [0.15, 0.2) is 28.5 Å². The normalized spacial score (nSPS) is 15.9. The van der Waals surface area contributed by atoms with Gasteiger partial charge in [-0.2, -0.15) is 9.40 Å². The summed E-state index contributed by atoms with van der Waals surface area (Å²) < 4.78 is 27.7. The highest BCUT2D eigenvalue weighted by Gasteiger charge is 2.32. The summed E-state index contributed by atoms with van der Waals surface area (Å²) in [7, 11) is -3.57. The number of rotatable bonds is 5. The van der Waals surface area contributed by atoms with Gasteiger partial charge in [-0.15, -0.1) is 0 Å². The average molecular weight is 410 g/mol. The van der Waals surface area contributed by atoms with Crippen molar-refractivity contribution in [2.75, 3.05) is 31.9 Å². The number of carbonyl (C=O) groups excluding carboxylic acids is 1. The number of amides is 1. The Morgan fingerprint density at radius 2 is 1.78 bits per heavy atom. The first-order valence-corrected chi connectivity index (χ1v) is 11.1. The number of sulfonamides is 1. The van der Waals surface area contributed by atoms with Crippen molar-refractivity contribution in [2.45, 2.75) is 30.8 Å². The van der Waals surface area contributed by atoms with E-state index >= 15 is 0 Å². The lowest BCUT2D eigenvalue weighted by atomic mass is 10.1. The summed E-state index contributed by atoms with van der Waals surface area (Å²) >= 11 is 1.29. The monoisotopic (exact) mass is 409 g/mol. The van der Waals surface area contributed by atoms with Gasteiger partial charge in [0.05, 0.1) is 10.6 Å².